The van der Waals surface area contributed by atoms with E-state index in [2.05, 4.69) is 14.7 Å². The second-order valence-corrected chi connectivity index (χ2v) is 2.61. The fourth-order valence-electron chi connectivity index (χ4n) is 1.14. The van der Waals surface area contributed by atoms with Crippen molar-refractivity contribution in [1.29, 1.82) is 0 Å². The quantitative estimate of drug-likeness (QED) is 0.775. The third-order valence-electron chi connectivity index (χ3n) is 1.77. The van der Waals surface area contributed by atoms with Crippen molar-refractivity contribution in [3.63, 3.8) is 0 Å². The molecule has 0 radical (unpaired) electrons. The first-order chi connectivity index (χ1) is 6.79. The number of rotatable bonds is 2. The van der Waals surface area contributed by atoms with Crippen molar-refractivity contribution >= 4 is 5.97 Å². The summed E-state index contributed by atoms with van der Waals surface area (Å²) in [6.07, 6.45) is 4.18. The van der Waals surface area contributed by atoms with E-state index in [1.807, 2.05) is 0 Å². The second kappa shape index (κ2) is 3.29. The lowest BCUT2D eigenvalue weighted by atomic mass is 10.1. The van der Waals surface area contributed by atoms with E-state index in [-0.39, 0.29) is 5.56 Å². The van der Waals surface area contributed by atoms with Gasteiger partial charge in [0.15, 0.2) is 0 Å². The van der Waals surface area contributed by atoms with Gasteiger partial charge in [0.05, 0.1) is 5.56 Å². The molecule has 0 fully saturated rings. The molecule has 14 heavy (non-hydrogen) atoms. The molecule has 0 aliphatic heterocycles. The van der Waals surface area contributed by atoms with Gasteiger partial charge in [-0.05, 0) is 6.07 Å². The third-order valence-corrected chi connectivity index (χ3v) is 1.77. The van der Waals surface area contributed by atoms with Crippen molar-refractivity contribution in [1.82, 2.24) is 10.1 Å². The van der Waals surface area contributed by atoms with Crippen LogP contribution in [0.15, 0.2) is 35.3 Å². The van der Waals surface area contributed by atoms with Gasteiger partial charge in [0.1, 0.15) is 12.0 Å². The van der Waals surface area contributed by atoms with Crippen LogP contribution in [0.3, 0.4) is 0 Å². The molecule has 0 amide bonds. The third kappa shape index (κ3) is 1.35. The Kier molecular flexibility index (Phi) is 1.98. The molecule has 0 saturated carbocycles. The van der Waals surface area contributed by atoms with Crippen LogP contribution in [0, 0.1) is 0 Å². The van der Waals surface area contributed by atoms with Gasteiger partial charge in [0.2, 0.25) is 0 Å². The highest BCUT2D eigenvalue weighted by Gasteiger charge is 2.12. The predicted molar refractivity (Wildman–Crippen MR) is 46.7 cm³/mol. The van der Waals surface area contributed by atoms with Crippen molar-refractivity contribution in [2.45, 2.75) is 0 Å². The number of carboxylic acids is 1. The highest BCUT2D eigenvalue weighted by Crippen LogP contribution is 2.20. The smallest absolute Gasteiger partial charge is 0.337 e. The topological polar surface area (TPSA) is 76.2 Å². The van der Waals surface area contributed by atoms with E-state index in [0.29, 0.717) is 11.3 Å². The molecule has 1 N–H and O–H groups in total. The lowest BCUT2D eigenvalue weighted by molar-refractivity contribution is 0.0697. The molecule has 0 spiro atoms. The van der Waals surface area contributed by atoms with Gasteiger partial charge in [-0.2, -0.15) is 0 Å². The predicted octanol–water partition coefficient (Wildman–Crippen LogP) is 1.43. The number of pyridine rings is 1. The molecule has 0 saturated heterocycles. The molecule has 5 heteroatoms. The molecule has 0 atom stereocenters. The molecule has 0 aromatic carbocycles. The summed E-state index contributed by atoms with van der Waals surface area (Å²) in [5.41, 5.74) is 1.10. The number of aromatic carboxylic acids is 1. The molecule has 0 unspecified atom stereocenters. The Morgan fingerprint density at radius 3 is 2.93 bits per heavy atom. The van der Waals surface area contributed by atoms with Crippen LogP contribution in [0.2, 0.25) is 0 Å². The van der Waals surface area contributed by atoms with E-state index < -0.39 is 5.97 Å². The first kappa shape index (κ1) is 8.43. The minimum absolute atomic E-state index is 0.112. The van der Waals surface area contributed by atoms with Crippen molar-refractivity contribution in [2.24, 2.45) is 0 Å². The standard InChI is InChI=1S/C9H6N2O3/c12-9(13)7-5-10-3-1-6(7)8-2-4-14-11-8/h1-5H,(H,12,13). The average Bonchev–Trinajstić information content (AvgIpc) is 2.70. The van der Waals surface area contributed by atoms with Gasteiger partial charge < -0.3 is 9.63 Å². The Morgan fingerprint density at radius 1 is 1.43 bits per heavy atom. The van der Waals surface area contributed by atoms with E-state index in [1.165, 1.54) is 18.7 Å². The molecular formula is C9H6N2O3. The van der Waals surface area contributed by atoms with Gasteiger partial charge in [-0.25, -0.2) is 4.79 Å². The lowest BCUT2D eigenvalue weighted by Crippen LogP contribution is -2.00. The maximum absolute atomic E-state index is 10.8. The van der Waals surface area contributed by atoms with Gasteiger partial charge in [0, 0.05) is 24.0 Å². The Hall–Kier alpha value is -2.17. The van der Waals surface area contributed by atoms with E-state index in [4.69, 9.17) is 5.11 Å². The van der Waals surface area contributed by atoms with Crippen molar-refractivity contribution in [3.8, 4) is 11.3 Å². The van der Waals surface area contributed by atoms with Crippen LogP contribution in [-0.2, 0) is 0 Å². The lowest BCUT2D eigenvalue weighted by Gasteiger charge is -1.99. The van der Waals surface area contributed by atoms with E-state index in [0.717, 1.165) is 0 Å². The van der Waals surface area contributed by atoms with Crippen LogP contribution < -0.4 is 0 Å². The normalized spacial score (nSPS) is 10.0. The van der Waals surface area contributed by atoms with Gasteiger partial charge in [-0.15, -0.1) is 0 Å². The number of nitrogens with zero attached hydrogens (tertiary/aromatic N) is 2. The highest BCUT2D eigenvalue weighted by atomic mass is 16.5. The van der Waals surface area contributed by atoms with E-state index in [9.17, 15) is 4.79 Å². The summed E-state index contributed by atoms with van der Waals surface area (Å²) < 4.78 is 4.64. The van der Waals surface area contributed by atoms with Crippen LogP contribution in [-0.4, -0.2) is 21.2 Å². The summed E-state index contributed by atoms with van der Waals surface area (Å²) >= 11 is 0. The highest BCUT2D eigenvalue weighted by molar-refractivity contribution is 5.94. The van der Waals surface area contributed by atoms with Gasteiger partial charge >= 0.3 is 5.97 Å². The number of carboxylic acid groups (broad SMARTS) is 1. The van der Waals surface area contributed by atoms with Crippen molar-refractivity contribution in [3.05, 3.63) is 36.4 Å². The van der Waals surface area contributed by atoms with Gasteiger partial charge in [-0.1, -0.05) is 5.16 Å². The van der Waals surface area contributed by atoms with Crippen molar-refractivity contribution < 1.29 is 14.4 Å². The van der Waals surface area contributed by atoms with Gasteiger partial charge in [-0.3, -0.25) is 4.98 Å². The number of hydrogen-bond donors (Lipinski definition) is 1. The summed E-state index contributed by atoms with van der Waals surface area (Å²) in [5, 5.41) is 12.5. The molecule has 0 bridgehead atoms. The molecule has 2 aromatic rings. The maximum atomic E-state index is 10.8. The first-order valence-electron chi connectivity index (χ1n) is 3.87. The van der Waals surface area contributed by atoms with Crippen LogP contribution in [0.5, 0.6) is 0 Å². The molecule has 0 aliphatic rings. The molecule has 2 heterocycles. The summed E-state index contributed by atoms with van der Waals surface area (Å²) in [6, 6.07) is 3.18. The monoisotopic (exact) mass is 190 g/mol. The number of carbonyl (C=O) groups is 1. The molecule has 70 valence electrons. The van der Waals surface area contributed by atoms with Crippen molar-refractivity contribution in [2.75, 3.05) is 0 Å². The fourth-order valence-corrected chi connectivity index (χ4v) is 1.14. The summed E-state index contributed by atoms with van der Waals surface area (Å²) in [5.74, 6) is -1.03. The zero-order valence-corrected chi connectivity index (χ0v) is 7.04. The summed E-state index contributed by atoms with van der Waals surface area (Å²) in [7, 11) is 0. The Balaban J connectivity index is 2.58. The van der Waals surface area contributed by atoms with Gasteiger partial charge in [0.25, 0.3) is 0 Å². The molecular weight excluding hydrogens is 184 g/mol. The minimum Gasteiger partial charge on any atom is -0.478 e. The molecule has 2 aromatic heterocycles. The summed E-state index contributed by atoms with van der Waals surface area (Å²) in [6.45, 7) is 0. The Bertz CT molecular complexity index is 451. The Morgan fingerprint density at radius 2 is 2.29 bits per heavy atom. The van der Waals surface area contributed by atoms with Crippen LogP contribution >= 0.6 is 0 Å². The van der Waals surface area contributed by atoms with Crippen LogP contribution in [0.4, 0.5) is 0 Å². The molecule has 5 nitrogen and oxygen atoms in total. The number of hydrogen-bond acceptors (Lipinski definition) is 4. The minimum atomic E-state index is -1.03. The summed E-state index contributed by atoms with van der Waals surface area (Å²) in [4.78, 5) is 14.6. The van der Waals surface area contributed by atoms with Crippen LogP contribution in [0.1, 0.15) is 10.4 Å². The van der Waals surface area contributed by atoms with Crippen LogP contribution in [0.25, 0.3) is 11.3 Å². The fraction of sp³-hybridized carbons (Fsp3) is 0. The maximum Gasteiger partial charge on any atom is 0.337 e. The van der Waals surface area contributed by atoms with E-state index in [1.54, 1.807) is 12.1 Å². The first-order valence-corrected chi connectivity index (χ1v) is 3.87. The SMILES string of the molecule is O=C(O)c1cnccc1-c1ccon1. The molecule has 0 aliphatic carbocycles. The Labute approximate surface area is 79.0 Å². The van der Waals surface area contributed by atoms with E-state index >= 15 is 0 Å². The second-order valence-electron chi connectivity index (χ2n) is 2.61. The number of aromatic nitrogens is 2. The zero-order chi connectivity index (χ0) is 9.97. The largest absolute Gasteiger partial charge is 0.478 e. The zero-order valence-electron chi connectivity index (χ0n) is 7.04. The average molecular weight is 190 g/mol. The molecule has 2 rings (SSSR count).